The number of likely N-dealkylation sites (N-methyl/N-ethyl adjacent to an activating group) is 1. The van der Waals surface area contributed by atoms with Crippen LogP contribution < -0.4 is 5.11 Å². The minimum absolute atomic E-state index is 0.0276. The van der Waals surface area contributed by atoms with Gasteiger partial charge in [-0.25, -0.2) is 0 Å². The van der Waals surface area contributed by atoms with Crippen molar-refractivity contribution in [3.8, 4) is 0 Å². The van der Waals surface area contributed by atoms with Crippen LogP contribution in [-0.2, 0) is 28.6 Å². The summed E-state index contributed by atoms with van der Waals surface area (Å²) in [7, 11) is 5.39. The largest absolute Gasteiger partial charge is 0.544 e. The van der Waals surface area contributed by atoms with Crippen molar-refractivity contribution in [2.75, 3.05) is 41.0 Å². The predicted molar refractivity (Wildman–Crippen MR) is 245 cm³/mol. The third-order valence-electron chi connectivity index (χ3n) is 10.1. The van der Waals surface area contributed by atoms with Gasteiger partial charge in [-0.15, -0.1) is 0 Å². The molecule has 8 nitrogen and oxygen atoms in total. The van der Waals surface area contributed by atoms with E-state index in [2.05, 4.69) is 86.8 Å². The van der Waals surface area contributed by atoms with Gasteiger partial charge in [-0.1, -0.05) is 151 Å². The lowest BCUT2D eigenvalue weighted by molar-refractivity contribution is -0.889. The van der Waals surface area contributed by atoms with Crippen LogP contribution in [0.3, 0.4) is 0 Å². The Bertz CT molecular complexity index is 1190. The van der Waals surface area contributed by atoms with Gasteiger partial charge in [0.1, 0.15) is 12.6 Å². The van der Waals surface area contributed by atoms with Crippen LogP contribution in [0.1, 0.15) is 181 Å². The van der Waals surface area contributed by atoms with Crippen molar-refractivity contribution in [1.29, 1.82) is 0 Å². The van der Waals surface area contributed by atoms with Gasteiger partial charge < -0.3 is 28.6 Å². The second-order valence-electron chi connectivity index (χ2n) is 16.6. The number of allylic oxidation sites excluding steroid dienone is 12. The van der Waals surface area contributed by atoms with Crippen LogP contribution in [-0.4, -0.2) is 75.5 Å². The van der Waals surface area contributed by atoms with Gasteiger partial charge in [0.15, 0.2) is 6.10 Å². The summed E-state index contributed by atoms with van der Waals surface area (Å²) in [5.74, 6) is -1.78. The fourth-order valence-corrected chi connectivity index (χ4v) is 6.44. The molecule has 59 heavy (non-hydrogen) atoms. The summed E-state index contributed by atoms with van der Waals surface area (Å²) in [4.78, 5) is 36.9. The van der Waals surface area contributed by atoms with Crippen LogP contribution in [0.2, 0.25) is 0 Å². The lowest BCUT2D eigenvalue weighted by Gasteiger charge is -2.34. The molecule has 0 radical (unpaired) electrons. The minimum atomic E-state index is -1.13. The van der Waals surface area contributed by atoms with Gasteiger partial charge in [-0.05, 0) is 83.5 Å². The highest BCUT2D eigenvalue weighted by Gasteiger charge is 2.25. The Morgan fingerprint density at radius 3 is 1.42 bits per heavy atom. The van der Waals surface area contributed by atoms with Crippen molar-refractivity contribution in [2.45, 2.75) is 193 Å². The third kappa shape index (κ3) is 40.0. The molecule has 0 N–H and O–H groups in total. The molecule has 0 aromatic rings. The fourth-order valence-electron chi connectivity index (χ4n) is 6.44. The highest BCUT2D eigenvalue weighted by molar-refractivity contribution is 5.70. The lowest BCUT2D eigenvalue weighted by Crippen LogP contribution is -2.55. The predicted octanol–water partition coefficient (Wildman–Crippen LogP) is 11.8. The molecule has 0 aromatic heterocycles. The van der Waals surface area contributed by atoms with Gasteiger partial charge in [-0.2, -0.15) is 0 Å². The van der Waals surface area contributed by atoms with E-state index in [1.54, 1.807) is 21.1 Å². The maximum atomic E-state index is 12.7. The van der Waals surface area contributed by atoms with E-state index in [0.717, 1.165) is 83.5 Å². The molecule has 0 heterocycles. The first kappa shape index (κ1) is 55.8. The molecule has 0 fully saturated rings. The van der Waals surface area contributed by atoms with E-state index in [1.165, 1.54) is 64.2 Å². The van der Waals surface area contributed by atoms with Crippen LogP contribution in [0.5, 0.6) is 0 Å². The van der Waals surface area contributed by atoms with E-state index < -0.39 is 18.1 Å². The average Bonchev–Trinajstić information content (AvgIpc) is 3.19. The van der Waals surface area contributed by atoms with Crippen LogP contribution in [0, 0.1) is 0 Å². The molecule has 0 aliphatic heterocycles. The number of nitrogens with zero attached hydrogens (tertiary/aromatic N) is 1. The van der Waals surface area contributed by atoms with Crippen molar-refractivity contribution in [1.82, 2.24) is 0 Å². The Morgan fingerprint density at radius 2 is 0.949 bits per heavy atom. The Kier molecular flexibility index (Phi) is 39.2. The van der Waals surface area contributed by atoms with Crippen LogP contribution >= 0.6 is 0 Å². The van der Waals surface area contributed by atoms with E-state index in [-0.39, 0.29) is 42.7 Å². The Hall–Kier alpha value is -3.23. The molecule has 2 atom stereocenters. The molecule has 0 amide bonds. The highest BCUT2D eigenvalue weighted by atomic mass is 16.6. The smallest absolute Gasteiger partial charge is 0.306 e. The number of hydrogen-bond donors (Lipinski definition) is 0. The summed E-state index contributed by atoms with van der Waals surface area (Å²) in [5.41, 5.74) is 0. The number of carbonyl (C=O) groups excluding carboxylic acids is 3. The Morgan fingerprint density at radius 1 is 0.525 bits per heavy atom. The molecule has 2 unspecified atom stereocenters. The lowest BCUT2D eigenvalue weighted by atomic mass is 10.1. The summed E-state index contributed by atoms with van der Waals surface area (Å²) in [6, 6.07) is -0.733. The van der Waals surface area contributed by atoms with Crippen molar-refractivity contribution in [3.63, 3.8) is 0 Å². The molecule has 0 aliphatic carbocycles. The molecular weight excluding hydrogens is 739 g/mol. The van der Waals surface area contributed by atoms with E-state index in [0.29, 0.717) is 12.8 Å². The quantitative estimate of drug-likeness (QED) is 0.0262. The van der Waals surface area contributed by atoms with Crippen molar-refractivity contribution >= 4 is 17.9 Å². The van der Waals surface area contributed by atoms with Crippen molar-refractivity contribution in [3.05, 3.63) is 72.9 Å². The number of rotatable bonds is 41. The second kappa shape index (κ2) is 41.5. The minimum Gasteiger partial charge on any atom is -0.544 e. The number of ether oxygens (including phenoxy) is 3. The van der Waals surface area contributed by atoms with Crippen LogP contribution in [0.4, 0.5) is 0 Å². The maximum absolute atomic E-state index is 12.7. The number of carboxylic acid groups (broad SMARTS) is 1. The molecule has 0 saturated heterocycles. The van der Waals surface area contributed by atoms with Crippen molar-refractivity contribution in [2.24, 2.45) is 0 Å². The summed E-state index contributed by atoms with van der Waals surface area (Å²) < 4.78 is 17.2. The molecule has 0 aliphatic rings. The topological polar surface area (TPSA) is 102 Å². The van der Waals surface area contributed by atoms with Gasteiger partial charge in [0.25, 0.3) is 0 Å². The van der Waals surface area contributed by atoms with E-state index in [9.17, 15) is 19.5 Å². The molecule has 8 heteroatoms. The summed E-state index contributed by atoms with van der Waals surface area (Å²) in [5, 5.41) is 11.6. The monoisotopic (exact) mass is 826 g/mol. The van der Waals surface area contributed by atoms with E-state index in [1.807, 2.05) is 0 Å². The van der Waals surface area contributed by atoms with Gasteiger partial charge in [0.05, 0.1) is 40.3 Å². The SMILES string of the molecule is CC/C=C/C/C=C/C/C=C/C/C=C/C/C=C/CCCCCCC(=O)OCC(COCCC(C(=O)[O-])[N+](C)(C)C)OC(=O)CCCCCCCCC/C=C/CCCCCC. The molecule has 0 saturated carbocycles. The first-order valence-electron chi connectivity index (χ1n) is 23.5. The highest BCUT2D eigenvalue weighted by Crippen LogP contribution is 2.13. The van der Waals surface area contributed by atoms with Gasteiger partial charge in [0, 0.05) is 19.3 Å². The van der Waals surface area contributed by atoms with Crippen molar-refractivity contribution < 1.29 is 38.2 Å². The summed E-state index contributed by atoms with van der Waals surface area (Å²) >= 11 is 0. The van der Waals surface area contributed by atoms with Gasteiger partial charge in [-0.3, -0.25) is 9.59 Å². The van der Waals surface area contributed by atoms with E-state index in [4.69, 9.17) is 14.2 Å². The number of carbonyl (C=O) groups is 3. The number of esters is 2. The summed E-state index contributed by atoms with van der Waals surface area (Å²) in [6.07, 6.45) is 52.1. The van der Waals surface area contributed by atoms with Crippen LogP contribution in [0.15, 0.2) is 72.9 Å². The molecule has 338 valence electrons. The first-order chi connectivity index (χ1) is 28.6. The van der Waals surface area contributed by atoms with Gasteiger partial charge in [0.2, 0.25) is 0 Å². The number of carboxylic acids is 1. The molecule has 0 rings (SSSR count). The molecule has 0 bridgehead atoms. The zero-order valence-electron chi connectivity index (χ0n) is 38.4. The zero-order chi connectivity index (χ0) is 43.5. The fraction of sp³-hybridized carbons (Fsp3) is 0.706. The normalized spacial score (nSPS) is 13.6. The van der Waals surface area contributed by atoms with Crippen LogP contribution in [0.25, 0.3) is 0 Å². The summed E-state index contributed by atoms with van der Waals surface area (Å²) in [6.45, 7) is 4.50. The zero-order valence-corrected chi connectivity index (χ0v) is 38.4. The Labute approximate surface area is 361 Å². The first-order valence-corrected chi connectivity index (χ1v) is 23.5. The second-order valence-corrected chi connectivity index (χ2v) is 16.6. The molecular formula is C51H87NO7. The average molecular weight is 826 g/mol. The van der Waals surface area contributed by atoms with E-state index >= 15 is 0 Å². The number of quaternary nitrogens is 1. The standard InChI is InChI=1S/C51H87NO7/c1-6-8-10-12-14-16-18-20-22-23-24-25-26-28-29-31-33-35-37-39-41-49(53)58-46-47(45-57-44-43-48(51(55)56)52(3,4)5)59-50(54)42-40-38-36-34-32-30-27-21-19-17-15-13-11-9-7-2/h8,10,14,16-17,19-20,22,24-25,28-29,47-48H,6-7,9,11-13,15,18,21,23,26-27,30-46H2,1-5H3/b10-8+,16-14+,19-17+,22-20+,25-24+,29-28+. The maximum Gasteiger partial charge on any atom is 0.306 e. The molecule has 0 aromatic carbocycles. The number of aliphatic carboxylic acids is 1. The van der Waals surface area contributed by atoms with Gasteiger partial charge >= 0.3 is 11.9 Å². The molecule has 0 spiro atoms. The number of unbranched alkanes of at least 4 members (excludes halogenated alkanes) is 15. The Balaban J connectivity index is 4.37. The third-order valence-corrected chi connectivity index (χ3v) is 10.1. The number of hydrogen-bond acceptors (Lipinski definition) is 7.